The second kappa shape index (κ2) is 7.94. The second-order valence-electron chi connectivity index (χ2n) is 4.71. The molecule has 0 saturated heterocycles. The van der Waals surface area contributed by atoms with Gasteiger partial charge in [-0.2, -0.15) is 0 Å². The standard InChI is InChI=1S/C15H21NO3S/c1-11(2)16(10-14(17)19-4)15(18)12(3)20-13-8-6-5-7-9-13/h5-9,11-12H,10H2,1-4H3/t12-/m0/s1. The Bertz CT molecular complexity index is 448. The van der Waals surface area contributed by atoms with Crippen molar-refractivity contribution in [2.45, 2.75) is 37.0 Å². The molecule has 0 saturated carbocycles. The van der Waals surface area contributed by atoms with Gasteiger partial charge in [-0.25, -0.2) is 0 Å². The number of hydrogen-bond donors (Lipinski definition) is 0. The lowest BCUT2D eigenvalue weighted by Gasteiger charge is -2.28. The van der Waals surface area contributed by atoms with E-state index in [1.54, 1.807) is 4.90 Å². The molecular formula is C15H21NO3S. The van der Waals surface area contributed by atoms with Crippen molar-refractivity contribution in [1.82, 2.24) is 4.90 Å². The van der Waals surface area contributed by atoms with Crippen LogP contribution in [0.15, 0.2) is 35.2 Å². The number of thioether (sulfide) groups is 1. The van der Waals surface area contributed by atoms with Gasteiger partial charge in [0, 0.05) is 10.9 Å². The van der Waals surface area contributed by atoms with Crippen LogP contribution in [0.3, 0.4) is 0 Å². The Kier molecular flexibility index (Phi) is 6.58. The third-order valence-corrected chi connectivity index (χ3v) is 3.94. The average Bonchev–Trinajstić information content (AvgIpc) is 2.44. The normalized spacial score (nSPS) is 12.1. The van der Waals surface area contributed by atoms with E-state index < -0.39 is 5.97 Å². The minimum atomic E-state index is -0.399. The monoisotopic (exact) mass is 295 g/mol. The predicted octanol–water partition coefficient (Wildman–Crippen LogP) is 2.58. The van der Waals surface area contributed by atoms with Gasteiger partial charge in [-0.3, -0.25) is 9.59 Å². The molecule has 1 aromatic rings. The molecule has 110 valence electrons. The number of benzene rings is 1. The number of carbonyl (C=O) groups is 2. The van der Waals surface area contributed by atoms with Crippen molar-refractivity contribution >= 4 is 23.6 Å². The van der Waals surface area contributed by atoms with Crippen molar-refractivity contribution in [1.29, 1.82) is 0 Å². The smallest absolute Gasteiger partial charge is 0.325 e. The predicted molar refractivity (Wildman–Crippen MR) is 80.6 cm³/mol. The number of ether oxygens (including phenoxy) is 1. The largest absolute Gasteiger partial charge is 0.468 e. The Hall–Kier alpha value is -1.49. The zero-order chi connectivity index (χ0) is 15.1. The maximum absolute atomic E-state index is 12.4. The molecule has 0 aromatic heterocycles. The molecule has 0 spiro atoms. The first-order valence-electron chi connectivity index (χ1n) is 6.54. The molecule has 0 aliphatic carbocycles. The fourth-order valence-electron chi connectivity index (χ4n) is 1.71. The third kappa shape index (κ3) is 4.89. The zero-order valence-electron chi connectivity index (χ0n) is 12.3. The zero-order valence-corrected chi connectivity index (χ0v) is 13.1. The summed E-state index contributed by atoms with van der Waals surface area (Å²) in [6, 6.07) is 9.71. The molecule has 1 rings (SSSR count). The highest BCUT2D eigenvalue weighted by molar-refractivity contribution is 8.00. The highest BCUT2D eigenvalue weighted by Crippen LogP contribution is 2.24. The molecule has 1 atom stereocenters. The Morgan fingerprint density at radius 3 is 2.30 bits per heavy atom. The molecule has 0 unspecified atom stereocenters. The molecule has 0 radical (unpaired) electrons. The minimum absolute atomic E-state index is 0.00725. The lowest BCUT2D eigenvalue weighted by Crippen LogP contribution is -2.44. The maximum atomic E-state index is 12.4. The summed E-state index contributed by atoms with van der Waals surface area (Å²) in [5, 5.41) is -0.246. The summed E-state index contributed by atoms with van der Waals surface area (Å²) < 4.78 is 4.64. The number of amides is 1. The molecule has 0 aliphatic rings. The summed E-state index contributed by atoms with van der Waals surface area (Å²) in [5.74, 6) is -0.455. The molecule has 4 nitrogen and oxygen atoms in total. The van der Waals surface area contributed by atoms with Crippen LogP contribution >= 0.6 is 11.8 Å². The first-order chi connectivity index (χ1) is 9.45. The van der Waals surface area contributed by atoms with Crippen molar-refractivity contribution in [2.75, 3.05) is 13.7 Å². The van der Waals surface area contributed by atoms with E-state index >= 15 is 0 Å². The first kappa shape index (κ1) is 16.6. The molecule has 0 bridgehead atoms. The molecule has 1 aromatic carbocycles. The summed E-state index contributed by atoms with van der Waals surface area (Å²) in [7, 11) is 1.33. The fraction of sp³-hybridized carbons (Fsp3) is 0.467. The van der Waals surface area contributed by atoms with E-state index in [1.165, 1.54) is 18.9 Å². The summed E-state index contributed by atoms with van der Waals surface area (Å²) in [4.78, 5) is 26.4. The van der Waals surface area contributed by atoms with Crippen molar-refractivity contribution in [3.63, 3.8) is 0 Å². The van der Waals surface area contributed by atoms with Crippen LogP contribution in [0.1, 0.15) is 20.8 Å². The van der Waals surface area contributed by atoms with Gasteiger partial charge in [0.05, 0.1) is 12.4 Å². The average molecular weight is 295 g/mol. The van der Waals surface area contributed by atoms with Crippen LogP contribution in [-0.2, 0) is 14.3 Å². The van der Waals surface area contributed by atoms with Crippen molar-refractivity contribution < 1.29 is 14.3 Å². The van der Waals surface area contributed by atoms with Gasteiger partial charge < -0.3 is 9.64 Å². The van der Waals surface area contributed by atoms with E-state index in [-0.39, 0.29) is 23.7 Å². The number of rotatable bonds is 6. The number of methoxy groups -OCH3 is 1. The molecule has 0 fully saturated rings. The molecule has 20 heavy (non-hydrogen) atoms. The van der Waals surface area contributed by atoms with E-state index in [9.17, 15) is 9.59 Å². The lowest BCUT2D eigenvalue weighted by molar-refractivity contribution is -0.147. The summed E-state index contributed by atoms with van der Waals surface area (Å²) in [5.41, 5.74) is 0. The van der Waals surface area contributed by atoms with Gasteiger partial charge in [-0.15, -0.1) is 11.8 Å². The van der Waals surface area contributed by atoms with Gasteiger partial charge in [0.25, 0.3) is 0 Å². The first-order valence-corrected chi connectivity index (χ1v) is 7.42. The lowest BCUT2D eigenvalue weighted by atomic mass is 10.2. The number of esters is 1. The fourth-order valence-corrected chi connectivity index (χ4v) is 2.66. The Balaban J connectivity index is 2.71. The van der Waals surface area contributed by atoms with Crippen LogP contribution in [0.25, 0.3) is 0 Å². The number of hydrogen-bond acceptors (Lipinski definition) is 4. The highest BCUT2D eigenvalue weighted by atomic mass is 32.2. The van der Waals surface area contributed by atoms with Gasteiger partial charge in [0.2, 0.25) is 5.91 Å². The molecule has 5 heteroatoms. The van der Waals surface area contributed by atoms with Gasteiger partial charge in [-0.1, -0.05) is 18.2 Å². The Labute approximate surface area is 124 Å². The summed E-state index contributed by atoms with van der Waals surface area (Å²) in [6.45, 7) is 5.63. The van der Waals surface area contributed by atoms with Crippen LogP contribution < -0.4 is 0 Å². The second-order valence-corrected chi connectivity index (χ2v) is 6.12. The van der Waals surface area contributed by atoms with Gasteiger partial charge in [-0.05, 0) is 32.9 Å². The summed E-state index contributed by atoms with van der Waals surface area (Å²) >= 11 is 1.49. The van der Waals surface area contributed by atoms with Crippen molar-refractivity contribution in [3.8, 4) is 0 Å². The van der Waals surface area contributed by atoms with Crippen molar-refractivity contribution in [2.24, 2.45) is 0 Å². The quantitative estimate of drug-likeness (QED) is 0.598. The van der Waals surface area contributed by atoms with Crippen molar-refractivity contribution in [3.05, 3.63) is 30.3 Å². The molecule has 0 N–H and O–H groups in total. The van der Waals surface area contributed by atoms with E-state index in [0.717, 1.165) is 4.90 Å². The molecule has 0 aliphatic heterocycles. The number of carbonyl (C=O) groups excluding carboxylic acids is 2. The van der Waals surface area contributed by atoms with Crippen LogP contribution in [0.2, 0.25) is 0 Å². The van der Waals surface area contributed by atoms with Crippen LogP contribution in [0.4, 0.5) is 0 Å². The summed E-state index contributed by atoms with van der Waals surface area (Å²) in [6.07, 6.45) is 0. The molecular weight excluding hydrogens is 274 g/mol. The van der Waals surface area contributed by atoms with Gasteiger partial charge >= 0.3 is 5.97 Å². The maximum Gasteiger partial charge on any atom is 0.325 e. The van der Waals surface area contributed by atoms with E-state index in [1.807, 2.05) is 51.1 Å². The highest BCUT2D eigenvalue weighted by Gasteiger charge is 2.25. The van der Waals surface area contributed by atoms with Crippen LogP contribution in [-0.4, -0.2) is 41.7 Å². The van der Waals surface area contributed by atoms with E-state index in [2.05, 4.69) is 4.74 Å². The Morgan fingerprint density at radius 1 is 1.20 bits per heavy atom. The van der Waals surface area contributed by atoms with Gasteiger partial charge in [0.1, 0.15) is 6.54 Å². The Morgan fingerprint density at radius 2 is 1.80 bits per heavy atom. The third-order valence-electron chi connectivity index (χ3n) is 2.84. The van der Waals surface area contributed by atoms with Crippen LogP contribution in [0, 0.1) is 0 Å². The van der Waals surface area contributed by atoms with Crippen LogP contribution in [0.5, 0.6) is 0 Å². The number of nitrogens with zero attached hydrogens (tertiary/aromatic N) is 1. The van der Waals surface area contributed by atoms with E-state index in [0.29, 0.717) is 0 Å². The minimum Gasteiger partial charge on any atom is -0.468 e. The SMILES string of the molecule is COC(=O)CN(C(=O)[C@H](C)Sc1ccccc1)C(C)C. The molecule has 0 heterocycles. The van der Waals surface area contributed by atoms with E-state index in [4.69, 9.17) is 0 Å². The molecule has 1 amide bonds. The topological polar surface area (TPSA) is 46.6 Å². The van der Waals surface area contributed by atoms with Gasteiger partial charge in [0.15, 0.2) is 0 Å².